The molecule has 0 amide bonds. The van der Waals surface area contributed by atoms with Crippen LogP contribution in [-0.4, -0.2) is 16.1 Å². The molecule has 1 heterocycles. The van der Waals surface area contributed by atoms with Crippen LogP contribution in [0.5, 0.6) is 5.75 Å². The van der Waals surface area contributed by atoms with Gasteiger partial charge in [-0.2, -0.15) is 5.10 Å². The van der Waals surface area contributed by atoms with Gasteiger partial charge in [0.15, 0.2) is 0 Å². The van der Waals surface area contributed by atoms with Crippen LogP contribution in [0.3, 0.4) is 0 Å². The van der Waals surface area contributed by atoms with E-state index < -0.39 is 6.36 Å². The number of ether oxygens (including phenoxy) is 1. The molecule has 0 unspecified atom stereocenters. The van der Waals surface area contributed by atoms with Gasteiger partial charge in [0.1, 0.15) is 5.75 Å². The molecule has 2 rings (SSSR count). The fourth-order valence-corrected chi connectivity index (χ4v) is 1.51. The van der Waals surface area contributed by atoms with Crippen molar-refractivity contribution in [3.63, 3.8) is 0 Å². The molecular formula is C11H8ClF3N2O. The first-order valence-electron chi connectivity index (χ1n) is 4.93. The molecular weight excluding hydrogens is 269 g/mol. The summed E-state index contributed by atoms with van der Waals surface area (Å²) in [5.74, 6) is 0.0610. The standard InChI is InChI=1S/C11H8ClF3N2O/c12-5-8-6-16-17(7-8)9-1-3-10(4-2-9)18-11(13,14)15/h1-4,6-7H,5H2. The van der Waals surface area contributed by atoms with E-state index in [9.17, 15) is 13.2 Å². The molecule has 0 fully saturated rings. The first kappa shape index (κ1) is 12.8. The molecule has 96 valence electrons. The number of rotatable bonds is 3. The maximum atomic E-state index is 12.0. The Labute approximate surface area is 106 Å². The Bertz CT molecular complexity index is 522. The highest BCUT2D eigenvalue weighted by molar-refractivity contribution is 6.17. The van der Waals surface area contributed by atoms with Crippen molar-refractivity contribution < 1.29 is 17.9 Å². The van der Waals surface area contributed by atoms with Crippen LogP contribution >= 0.6 is 11.6 Å². The molecule has 0 spiro atoms. The molecule has 7 heteroatoms. The average Bonchev–Trinajstić information content (AvgIpc) is 2.76. The minimum Gasteiger partial charge on any atom is -0.406 e. The molecule has 0 N–H and O–H groups in total. The van der Waals surface area contributed by atoms with Crippen LogP contribution in [0.1, 0.15) is 5.56 Å². The van der Waals surface area contributed by atoms with E-state index in [2.05, 4.69) is 9.84 Å². The van der Waals surface area contributed by atoms with Gasteiger partial charge in [-0.3, -0.25) is 0 Å². The zero-order valence-electron chi connectivity index (χ0n) is 8.99. The number of hydrogen-bond donors (Lipinski definition) is 0. The number of aromatic nitrogens is 2. The Morgan fingerprint density at radius 2 is 1.89 bits per heavy atom. The lowest BCUT2D eigenvalue weighted by molar-refractivity contribution is -0.274. The van der Waals surface area contributed by atoms with Crippen molar-refractivity contribution in [2.45, 2.75) is 12.2 Å². The largest absolute Gasteiger partial charge is 0.573 e. The summed E-state index contributed by atoms with van der Waals surface area (Å²) in [7, 11) is 0. The average molecular weight is 277 g/mol. The van der Waals surface area contributed by atoms with Crippen LogP contribution in [0.25, 0.3) is 5.69 Å². The van der Waals surface area contributed by atoms with Gasteiger partial charge in [0, 0.05) is 11.8 Å². The van der Waals surface area contributed by atoms with Crippen molar-refractivity contribution in [3.8, 4) is 11.4 Å². The Balaban J connectivity index is 2.17. The van der Waals surface area contributed by atoms with Gasteiger partial charge < -0.3 is 4.74 Å². The van der Waals surface area contributed by atoms with Crippen LogP contribution in [0, 0.1) is 0 Å². The summed E-state index contributed by atoms with van der Waals surface area (Å²) >= 11 is 5.63. The molecule has 0 saturated heterocycles. The lowest BCUT2D eigenvalue weighted by Gasteiger charge is -2.09. The third-order valence-corrected chi connectivity index (χ3v) is 2.43. The van der Waals surface area contributed by atoms with E-state index in [-0.39, 0.29) is 5.75 Å². The van der Waals surface area contributed by atoms with Crippen LogP contribution in [0.15, 0.2) is 36.7 Å². The van der Waals surface area contributed by atoms with E-state index in [0.29, 0.717) is 11.6 Å². The molecule has 2 aromatic rings. The van der Waals surface area contributed by atoms with E-state index in [1.54, 1.807) is 12.4 Å². The van der Waals surface area contributed by atoms with Crippen LogP contribution in [0.4, 0.5) is 13.2 Å². The Morgan fingerprint density at radius 1 is 1.22 bits per heavy atom. The van der Waals surface area contributed by atoms with E-state index >= 15 is 0 Å². The molecule has 0 saturated carbocycles. The van der Waals surface area contributed by atoms with Crippen molar-refractivity contribution >= 4 is 11.6 Å². The highest BCUT2D eigenvalue weighted by Gasteiger charge is 2.30. The number of alkyl halides is 4. The molecule has 3 nitrogen and oxygen atoms in total. The fraction of sp³-hybridized carbons (Fsp3) is 0.182. The highest BCUT2D eigenvalue weighted by atomic mass is 35.5. The lowest BCUT2D eigenvalue weighted by atomic mass is 10.3. The minimum absolute atomic E-state index is 0.268. The summed E-state index contributed by atoms with van der Waals surface area (Å²) in [5.41, 5.74) is 1.45. The maximum absolute atomic E-state index is 12.0. The topological polar surface area (TPSA) is 27.1 Å². The molecule has 0 radical (unpaired) electrons. The maximum Gasteiger partial charge on any atom is 0.573 e. The Hall–Kier alpha value is -1.69. The molecule has 0 aliphatic heterocycles. The predicted octanol–water partition coefficient (Wildman–Crippen LogP) is 3.51. The summed E-state index contributed by atoms with van der Waals surface area (Å²) < 4.78 is 41.2. The molecule has 1 aromatic carbocycles. The number of halogens is 4. The Morgan fingerprint density at radius 3 is 2.39 bits per heavy atom. The minimum atomic E-state index is -4.68. The molecule has 0 atom stereocenters. The second-order valence-corrected chi connectivity index (χ2v) is 3.74. The lowest BCUT2D eigenvalue weighted by Crippen LogP contribution is -2.17. The molecule has 18 heavy (non-hydrogen) atoms. The SMILES string of the molecule is FC(F)(F)Oc1ccc(-n2cc(CCl)cn2)cc1. The van der Waals surface area contributed by atoms with Crippen molar-refractivity contribution in [2.24, 2.45) is 0 Å². The van der Waals surface area contributed by atoms with Gasteiger partial charge in [-0.05, 0) is 24.3 Å². The first-order chi connectivity index (χ1) is 8.48. The second-order valence-electron chi connectivity index (χ2n) is 3.47. The van der Waals surface area contributed by atoms with Gasteiger partial charge in [-0.25, -0.2) is 4.68 Å². The normalized spacial score (nSPS) is 11.6. The summed E-state index contributed by atoms with van der Waals surface area (Å²) in [6.45, 7) is 0. The molecule has 1 aromatic heterocycles. The van der Waals surface area contributed by atoms with Gasteiger partial charge in [-0.15, -0.1) is 24.8 Å². The summed E-state index contributed by atoms with van der Waals surface area (Å²) in [6, 6.07) is 5.41. The summed E-state index contributed by atoms with van der Waals surface area (Å²) in [5, 5.41) is 4.03. The quantitative estimate of drug-likeness (QED) is 0.802. The third kappa shape index (κ3) is 3.16. The fourth-order valence-electron chi connectivity index (χ4n) is 1.37. The zero-order valence-corrected chi connectivity index (χ0v) is 9.74. The zero-order chi connectivity index (χ0) is 13.2. The predicted molar refractivity (Wildman–Crippen MR) is 59.8 cm³/mol. The Kier molecular flexibility index (Phi) is 3.47. The van der Waals surface area contributed by atoms with E-state index in [1.165, 1.54) is 28.9 Å². The van der Waals surface area contributed by atoms with Gasteiger partial charge >= 0.3 is 6.36 Å². The van der Waals surface area contributed by atoms with Crippen molar-refractivity contribution in [2.75, 3.05) is 0 Å². The number of benzene rings is 1. The van der Waals surface area contributed by atoms with E-state index in [0.717, 1.165) is 5.56 Å². The smallest absolute Gasteiger partial charge is 0.406 e. The monoisotopic (exact) mass is 276 g/mol. The van der Waals surface area contributed by atoms with Gasteiger partial charge in [0.05, 0.1) is 17.8 Å². The molecule has 0 aliphatic rings. The summed E-state index contributed by atoms with van der Waals surface area (Å²) in [6.07, 6.45) is -1.39. The van der Waals surface area contributed by atoms with Crippen molar-refractivity contribution in [1.82, 2.24) is 9.78 Å². The van der Waals surface area contributed by atoms with Gasteiger partial charge in [0.2, 0.25) is 0 Å². The second kappa shape index (κ2) is 4.89. The third-order valence-electron chi connectivity index (χ3n) is 2.13. The van der Waals surface area contributed by atoms with Gasteiger partial charge in [-0.1, -0.05) is 0 Å². The van der Waals surface area contributed by atoms with Gasteiger partial charge in [0.25, 0.3) is 0 Å². The number of hydrogen-bond acceptors (Lipinski definition) is 2. The molecule has 0 aliphatic carbocycles. The van der Waals surface area contributed by atoms with E-state index in [1.807, 2.05) is 0 Å². The van der Waals surface area contributed by atoms with Crippen LogP contribution in [0.2, 0.25) is 0 Å². The first-order valence-corrected chi connectivity index (χ1v) is 5.47. The molecule has 0 bridgehead atoms. The number of nitrogens with zero attached hydrogens (tertiary/aromatic N) is 2. The van der Waals surface area contributed by atoms with Crippen LogP contribution < -0.4 is 4.74 Å². The van der Waals surface area contributed by atoms with Crippen molar-refractivity contribution in [3.05, 3.63) is 42.2 Å². The highest BCUT2D eigenvalue weighted by Crippen LogP contribution is 2.23. The summed E-state index contributed by atoms with van der Waals surface area (Å²) in [4.78, 5) is 0. The van der Waals surface area contributed by atoms with Crippen molar-refractivity contribution in [1.29, 1.82) is 0 Å². The van der Waals surface area contributed by atoms with E-state index in [4.69, 9.17) is 11.6 Å². The van der Waals surface area contributed by atoms with Crippen LogP contribution in [-0.2, 0) is 5.88 Å².